The van der Waals surface area contributed by atoms with Gasteiger partial charge in [-0.2, -0.15) is 0 Å². The van der Waals surface area contributed by atoms with E-state index in [1.807, 2.05) is 26.0 Å². The normalized spacial score (nSPS) is 10.1. The van der Waals surface area contributed by atoms with Gasteiger partial charge in [-0.3, -0.25) is 4.79 Å². The van der Waals surface area contributed by atoms with Crippen LogP contribution in [0.1, 0.15) is 21.7 Å². The molecule has 72 valence electrons. The van der Waals surface area contributed by atoms with Crippen LogP contribution in [-0.2, 0) is 4.79 Å². The third kappa shape index (κ3) is 3.69. The minimum atomic E-state index is 0. The third-order valence-electron chi connectivity index (χ3n) is 1.53. The molecular weight excluding hydrogens is 164 g/mol. The summed E-state index contributed by atoms with van der Waals surface area (Å²) in [5.41, 5.74) is 0. The predicted molar refractivity (Wildman–Crippen MR) is 54.4 cm³/mol. The summed E-state index contributed by atoms with van der Waals surface area (Å²) in [6.07, 6.45) is 2.20. The van der Waals surface area contributed by atoms with Crippen LogP contribution in [0.3, 0.4) is 0 Å². The Morgan fingerprint density at radius 2 is 2.38 bits per heavy atom. The Morgan fingerprint density at radius 3 is 2.92 bits per heavy atom. The lowest BCUT2D eigenvalue weighted by atomic mass is 10.1. The number of nitrogens with one attached hydrogen (secondary N) is 1. The first-order valence-corrected chi connectivity index (χ1v) is 4.39. The molecule has 1 amide bonds. The van der Waals surface area contributed by atoms with Gasteiger partial charge >= 0.3 is 0 Å². The third-order valence-corrected chi connectivity index (χ3v) is 1.53. The molecule has 1 rings (SSSR count). The fourth-order valence-corrected chi connectivity index (χ4v) is 1.00. The van der Waals surface area contributed by atoms with Crippen LogP contribution in [0.25, 0.3) is 0 Å². The zero-order valence-corrected chi connectivity index (χ0v) is 7.95. The number of hydrogen-bond donors (Lipinski definition) is 1. The van der Waals surface area contributed by atoms with Gasteiger partial charge in [-0.05, 0) is 18.1 Å². The van der Waals surface area contributed by atoms with Crippen LogP contribution in [0.4, 0.5) is 5.82 Å². The molecule has 0 saturated heterocycles. The number of carbonyl (C=O) groups excluding carboxylic acids is 1. The van der Waals surface area contributed by atoms with Crippen molar-refractivity contribution in [2.24, 2.45) is 5.92 Å². The molecule has 0 atom stereocenters. The zero-order valence-electron chi connectivity index (χ0n) is 7.95. The summed E-state index contributed by atoms with van der Waals surface area (Å²) >= 11 is 0. The summed E-state index contributed by atoms with van der Waals surface area (Å²) in [6.45, 7) is 4.02. The van der Waals surface area contributed by atoms with Gasteiger partial charge < -0.3 is 5.32 Å². The number of aromatic nitrogens is 1. The van der Waals surface area contributed by atoms with Crippen molar-refractivity contribution in [2.75, 3.05) is 5.32 Å². The van der Waals surface area contributed by atoms with E-state index in [9.17, 15) is 4.79 Å². The molecule has 3 heteroatoms. The Labute approximate surface area is 79.7 Å². The summed E-state index contributed by atoms with van der Waals surface area (Å²) in [5, 5.41) is 2.72. The van der Waals surface area contributed by atoms with Gasteiger partial charge in [0, 0.05) is 14.0 Å². The molecule has 0 radical (unpaired) electrons. The van der Waals surface area contributed by atoms with Crippen molar-refractivity contribution in [1.29, 1.82) is 0 Å². The molecule has 1 N–H and O–H groups in total. The molecule has 13 heavy (non-hydrogen) atoms. The average Bonchev–Trinajstić information content (AvgIpc) is 2.04. The summed E-state index contributed by atoms with van der Waals surface area (Å²) in [7, 11) is 0. The highest BCUT2D eigenvalue weighted by Gasteiger charge is 2.04. The van der Waals surface area contributed by atoms with Gasteiger partial charge in [0.15, 0.2) is 0 Å². The van der Waals surface area contributed by atoms with Crippen LogP contribution < -0.4 is 5.32 Å². The summed E-state index contributed by atoms with van der Waals surface area (Å²) in [5.74, 6) is 1.02. The number of rotatable bonds is 3. The highest BCUT2D eigenvalue weighted by atomic mass is 16.1. The molecule has 0 aliphatic rings. The van der Waals surface area contributed by atoms with Crippen molar-refractivity contribution >= 4 is 11.7 Å². The van der Waals surface area contributed by atoms with Crippen LogP contribution in [0.5, 0.6) is 0 Å². The topological polar surface area (TPSA) is 42.0 Å². The molecule has 0 aromatic carbocycles. The second-order valence-electron chi connectivity index (χ2n) is 3.36. The van der Waals surface area contributed by atoms with E-state index in [2.05, 4.69) is 10.3 Å². The predicted octanol–water partition coefficient (Wildman–Crippen LogP) is 2.31. The standard InChI is InChI=1S/C10H14N2O.H2/c1-8(2)7-10(13)12-9-5-3-4-6-11-9;/h3-6,8H,7H2,1-2H3,(H,11,12,13);1H. The van der Waals surface area contributed by atoms with Gasteiger partial charge in [-0.15, -0.1) is 0 Å². The van der Waals surface area contributed by atoms with Gasteiger partial charge in [0.1, 0.15) is 5.82 Å². The fourth-order valence-electron chi connectivity index (χ4n) is 1.00. The van der Waals surface area contributed by atoms with Gasteiger partial charge in [0.25, 0.3) is 0 Å². The second kappa shape index (κ2) is 4.60. The SMILES string of the molecule is CC(C)CC(=O)Nc1ccccn1.[HH]. The maximum Gasteiger partial charge on any atom is 0.225 e. The average molecular weight is 180 g/mol. The molecule has 1 aromatic rings. The summed E-state index contributed by atoms with van der Waals surface area (Å²) < 4.78 is 0. The molecule has 3 nitrogen and oxygen atoms in total. The monoisotopic (exact) mass is 180 g/mol. The Hall–Kier alpha value is -1.38. The maximum absolute atomic E-state index is 11.3. The van der Waals surface area contributed by atoms with Crippen LogP contribution >= 0.6 is 0 Å². The highest BCUT2D eigenvalue weighted by Crippen LogP contribution is 2.04. The number of nitrogens with zero attached hydrogens (tertiary/aromatic N) is 1. The zero-order chi connectivity index (χ0) is 9.68. The molecule has 0 fully saturated rings. The molecule has 0 aliphatic heterocycles. The number of pyridine rings is 1. The minimum absolute atomic E-state index is 0. The summed E-state index contributed by atoms with van der Waals surface area (Å²) in [6, 6.07) is 5.44. The fraction of sp³-hybridized carbons (Fsp3) is 0.400. The number of anilines is 1. The van der Waals surface area contributed by atoms with Crippen molar-refractivity contribution in [2.45, 2.75) is 20.3 Å². The first-order valence-electron chi connectivity index (χ1n) is 4.39. The molecule has 1 heterocycles. The minimum Gasteiger partial charge on any atom is -0.311 e. The Balaban J connectivity index is 0.00000169. The number of amides is 1. The van der Waals surface area contributed by atoms with E-state index in [0.29, 0.717) is 18.2 Å². The van der Waals surface area contributed by atoms with Crippen LogP contribution in [0.15, 0.2) is 24.4 Å². The van der Waals surface area contributed by atoms with E-state index >= 15 is 0 Å². The molecule has 0 unspecified atom stereocenters. The lowest BCUT2D eigenvalue weighted by Gasteiger charge is -2.05. The second-order valence-corrected chi connectivity index (χ2v) is 3.36. The number of carbonyl (C=O) groups is 1. The van der Waals surface area contributed by atoms with E-state index in [1.54, 1.807) is 12.3 Å². The van der Waals surface area contributed by atoms with Crippen LogP contribution in [0.2, 0.25) is 0 Å². The van der Waals surface area contributed by atoms with E-state index in [1.165, 1.54) is 0 Å². The largest absolute Gasteiger partial charge is 0.311 e. The maximum atomic E-state index is 11.3. The van der Waals surface area contributed by atoms with Crippen LogP contribution in [-0.4, -0.2) is 10.9 Å². The van der Waals surface area contributed by atoms with Crippen molar-refractivity contribution in [3.63, 3.8) is 0 Å². The first kappa shape index (κ1) is 9.71. The number of hydrogen-bond acceptors (Lipinski definition) is 2. The highest BCUT2D eigenvalue weighted by molar-refractivity contribution is 5.89. The Kier molecular flexibility index (Phi) is 3.43. The van der Waals surface area contributed by atoms with Crippen molar-refractivity contribution in [3.8, 4) is 0 Å². The quantitative estimate of drug-likeness (QED) is 0.775. The van der Waals surface area contributed by atoms with E-state index in [0.717, 1.165) is 0 Å². The van der Waals surface area contributed by atoms with Crippen LogP contribution in [0, 0.1) is 5.92 Å². The Bertz CT molecular complexity index is 275. The lowest BCUT2D eigenvalue weighted by Crippen LogP contribution is -2.14. The van der Waals surface area contributed by atoms with Crippen molar-refractivity contribution in [1.82, 2.24) is 4.98 Å². The van der Waals surface area contributed by atoms with Gasteiger partial charge in [-0.1, -0.05) is 19.9 Å². The first-order chi connectivity index (χ1) is 6.18. The molecular formula is C10H16N2O. The molecule has 0 saturated carbocycles. The van der Waals surface area contributed by atoms with Gasteiger partial charge in [-0.25, -0.2) is 4.98 Å². The summed E-state index contributed by atoms with van der Waals surface area (Å²) in [4.78, 5) is 15.3. The molecule has 0 spiro atoms. The molecule has 1 aromatic heterocycles. The van der Waals surface area contributed by atoms with Gasteiger partial charge in [0.05, 0.1) is 0 Å². The Morgan fingerprint density at radius 1 is 1.62 bits per heavy atom. The smallest absolute Gasteiger partial charge is 0.225 e. The van der Waals surface area contributed by atoms with E-state index in [-0.39, 0.29) is 7.33 Å². The van der Waals surface area contributed by atoms with Crippen molar-refractivity contribution < 1.29 is 6.22 Å². The van der Waals surface area contributed by atoms with E-state index in [4.69, 9.17) is 0 Å². The van der Waals surface area contributed by atoms with Crippen molar-refractivity contribution in [3.05, 3.63) is 24.4 Å². The molecule has 0 bridgehead atoms. The molecule has 0 aliphatic carbocycles. The van der Waals surface area contributed by atoms with Gasteiger partial charge in [0.2, 0.25) is 5.91 Å². The van der Waals surface area contributed by atoms with E-state index < -0.39 is 0 Å². The lowest BCUT2D eigenvalue weighted by molar-refractivity contribution is -0.116.